The minimum Gasteiger partial charge on any atom is -0.491 e. The predicted octanol–water partition coefficient (Wildman–Crippen LogP) is 1.83. The van der Waals surface area contributed by atoms with Crippen molar-refractivity contribution in [1.82, 2.24) is 4.90 Å². The maximum absolute atomic E-state index is 10.4. The summed E-state index contributed by atoms with van der Waals surface area (Å²) in [6.07, 6.45) is 1.57. The van der Waals surface area contributed by atoms with Crippen LogP contribution >= 0.6 is 0 Å². The fourth-order valence-electron chi connectivity index (χ4n) is 2.03. The normalized spacial score (nSPS) is 20.2. The molecule has 94 valence electrons. The first kappa shape index (κ1) is 12.4. The molecular weight excluding hydrogens is 214 g/mol. The highest BCUT2D eigenvalue weighted by Crippen LogP contribution is 2.23. The molecule has 1 aromatic carbocycles. The van der Waals surface area contributed by atoms with Crippen LogP contribution in [-0.4, -0.2) is 42.4 Å². The minimum atomic E-state index is -0.655. The van der Waals surface area contributed by atoms with E-state index in [4.69, 9.17) is 4.74 Å². The molecular formula is C14H21NO2. The molecule has 0 unspecified atom stereocenters. The third-order valence-electron chi connectivity index (χ3n) is 3.45. The highest BCUT2D eigenvalue weighted by atomic mass is 16.5. The second-order valence-electron chi connectivity index (χ2n) is 5.13. The van der Waals surface area contributed by atoms with Gasteiger partial charge in [0.25, 0.3) is 0 Å². The van der Waals surface area contributed by atoms with Crippen LogP contribution in [0.25, 0.3) is 0 Å². The summed E-state index contributed by atoms with van der Waals surface area (Å²) in [5.74, 6) is 0.836. The molecule has 1 aliphatic rings. The van der Waals surface area contributed by atoms with E-state index in [0.717, 1.165) is 31.7 Å². The van der Waals surface area contributed by atoms with Gasteiger partial charge in [-0.1, -0.05) is 17.7 Å². The van der Waals surface area contributed by atoms with Gasteiger partial charge < -0.3 is 14.7 Å². The van der Waals surface area contributed by atoms with Crippen LogP contribution < -0.4 is 4.74 Å². The molecule has 1 N–H and O–H groups in total. The summed E-state index contributed by atoms with van der Waals surface area (Å²) in [4.78, 5) is 2.24. The van der Waals surface area contributed by atoms with E-state index in [1.54, 1.807) is 0 Å². The molecule has 0 amide bonds. The lowest BCUT2D eigenvalue weighted by Crippen LogP contribution is -2.46. The zero-order valence-electron chi connectivity index (χ0n) is 10.6. The van der Waals surface area contributed by atoms with Crippen LogP contribution in [0.1, 0.15) is 18.4 Å². The molecule has 0 bridgehead atoms. The van der Waals surface area contributed by atoms with E-state index in [1.165, 1.54) is 5.56 Å². The first-order valence-corrected chi connectivity index (χ1v) is 6.18. The van der Waals surface area contributed by atoms with Gasteiger partial charge in [0.05, 0.1) is 0 Å². The summed E-state index contributed by atoms with van der Waals surface area (Å²) in [7, 11) is 2.08. The van der Waals surface area contributed by atoms with Gasteiger partial charge in [-0.05, 0) is 38.9 Å². The van der Waals surface area contributed by atoms with Gasteiger partial charge in [-0.25, -0.2) is 0 Å². The first-order chi connectivity index (χ1) is 8.07. The standard InChI is InChI=1S/C14H21NO2/c1-12-3-5-13(6-4-12)17-11-14(16)7-9-15(2)10-8-14/h3-6,16H,7-11H2,1-2H3. The summed E-state index contributed by atoms with van der Waals surface area (Å²) >= 11 is 0. The van der Waals surface area contributed by atoms with Gasteiger partial charge in [-0.3, -0.25) is 0 Å². The number of aryl methyl sites for hydroxylation is 1. The van der Waals surface area contributed by atoms with Gasteiger partial charge in [-0.15, -0.1) is 0 Å². The molecule has 3 nitrogen and oxygen atoms in total. The number of piperidine rings is 1. The Morgan fingerprint density at radius 1 is 1.24 bits per heavy atom. The molecule has 0 aliphatic carbocycles. The van der Waals surface area contributed by atoms with Gasteiger partial charge in [0, 0.05) is 13.1 Å². The Hall–Kier alpha value is -1.06. The molecule has 3 heteroatoms. The number of aliphatic hydroxyl groups is 1. The van der Waals surface area contributed by atoms with Crippen LogP contribution in [0.2, 0.25) is 0 Å². The van der Waals surface area contributed by atoms with E-state index in [-0.39, 0.29) is 0 Å². The fourth-order valence-corrected chi connectivity index (χ4v) is 2.03. The molecule has 0 radical (unpaired) electrons. The highest BCUT2D eigenvalue weighted by molar-refractivity contribution is 5.26. The van der Waals surface area contributed by atoms with Gasteiger partial charge in [0.1, 0.15) is 18.0 Å². The van der Waals surface area contributed by atoms with Crippen molar-refractivity contribution in [3.63, 3.8) is 0 Å². The average molecular weight is 235 g/mol. The predicted molar refractivity (Wildman–Crippen MR) is 68.4 cm³/mol. The van der Waals surface area contributed by atoms with E-state index >= 15 is 0 Å². The van der Waals surface area contributed by atoms with Crippen molar-refractivity contribution in [2.75, 3.05) is 26.7 Å². The molecule has 2 rings (SSSR count). The maximum atomic E-state index is 10.4. The summed E-state index contributed by atoms with van der Waals surface area (Å²) < 4.78 is 5.67. The van der Waals surface area contributed by atoms with E-state index in [1.807, 2.05) is 31.2 Å². The van der Waals surface area contributed by atoms with Crippen LogP contribution in [0.5, 0.6) is 5.75 Å². The fraction of sp³-hybridized carbons (Fsp3) is 0.571. The van der Waals surface area contributed by atoms with Crippen LogP contribution in [0.4, 0.5) is 0 Å². The topological polar surface area (TPSA) is 32.7 Å². The molecule has 1 heterocycles. The maximum Gasteiger partial charge on any atom is 0.119 e. The molecule has 1 fully saturated rings. The summed E-state index contributed by atoms with van der Waals surface area (Å²) in [6, 6.07) is 7.95. The Morgan fingerprint density at radius 2 is 1.82 bits per heavy atom. The van der Waals surface area contributed by atoms with Crippen molar-refractivity contribution in [2.45, 2.75) is 25.4 Å². The number of nitrogens with zero attached hydrogens (tertiary/aromatic N) is 1. The summed E-state index contributed by atoms with van der Waals surface area (Å²) in [6.45, 7) is 4.32. The Morgan fingerprint density at radius 3 is 2.41 bits per heavy atom. The van der Waals surface area contributed by atoms with Crippen molar-refractivity contribution >= 4 is 0 Å². The third kappa shape index (κ3) is 3.45. The molecule has 1 saturated heterocycles. The molecule has 0 atom stereocenters. The Bertz CT molecular complexity index is 353. The van der Waals surface area contributed by atoms with Crippen LogP contribution in [0.3, 0.4) is 0 Å². The summed E-state index contributed by atoms with van der Waals surface area (Å²) in [5, 5.41) is 10.4. The lowest BCUT2D eigenvalue weighted by molar-refractivity contribution is -0.0482. The third-order valence-corrected chi connectivity index (χ3v) is 3.45. The van der Waals surface area contributed by atoms with Crippen LogP contribution in [0, 0.1) is 6.92 Å². The van der Waals surface area contributed by atoms with Crippen molar-refractivity contribution in [3.8, 4) is 5.75 Å². The van der Waals surface area contributed by atoms with E-state index in [9.17, 15) is 5.11 Å². The number of hydrogen-bond acceptors (Lipinski definition) is 3. The average Bonchev–Trinajstić information content (AvgIpc) is 2.33. The van der Waals surface area contributed by atoms with Gasteiger partial charge >= 0.3 is 0 Å². The number of ether oxygens (including phenoxy) is 1. The first-order valence-electron chi connectivity index (χ1n) is 6.18. The smallest absolute Gasteiger partial charge is 0.119 e. The highest BCUT2D eigenvalue weighted by Gasteiger charge is 2.31. The Kier molecular flexibility index (Phi) is 3.69. The second-order valence-corrected chi connectivity index (χ2v) is 5.13. The minimum absolute atomic E-state index is 0.393. The summed E-state index contributed by atoms with van der Waals surface area (Å²) in [5.41, 5.74) is 0.563. The van der Waals surface area contributed by atoms with Crippen molar-refractivity contribution in [1.29, 1.82) is 0 Å². The van der Waals surface area contributed by atoms with Gasteiger partial charge in [-0.2, -0.15) is 0 Å². The number of rotatable bonds is 3. The van der Waals surface area contributed by atoms with Crippen molar-refractivity contribution in [2.24, 2.45) is 0 Å². The zero-order valence-corrected chi connectivity index (χ0v) is 10.6. The molecule has 0 spiro atoms. The van der Waals surface area contributed by atoms with Crippen LogP contribution in [-0.2, 0) is 0 Å². The van der Waals surface area contributed by atoms with Crippen molar-refractivity contribution in [3.05, 3.63) is 29.8 Å². The largest absolute Gasteiger partial charge is 0.491 e. The van der Waals surface area contributed by atoms with E-state index < -0.39 is 5.60 Å². The van der Waals surface area contributed by atoms with E-state index in [0.29, 0.717) is 6.61 Å². The van der Waals surface area contributed by atoms with E-state index in [2.05, 4.69) is 11.9 Å². The van der Waals surface area contributed by atoms with Gasteiger partial charge in [0.2, 0.25) is 0 Å². The zero-order chi connectivity index (χ0) is 12.3. The number of benzene rings is 1. The Balaban J connectivity index is 1.87. The number of hydrogen-bond donors (Lipinski definition) is 1. The van der Waals surface area contributed by atoms with Crippen molar-refractivity contribution < 1.29 is 9.84 Å². The quantitative estimate of drug-likeness (QED) is 0.867. The lowest BCUT2D eigenvalue weighted by Gasteiger charge is -2.36. The molecule has 0 aromatic heterocycles. The SMILES string of the molecule is Cc1ccc(OCC2(O)CCN(C)CC2)cc1. The second kappa shape index (κ2) is 5.07. The molecule has 0 saturated carbocycles. The monoisotopic (exact) mass is 235 g/mol. The lowest BCUT2D eigenvalue weighted by atomic mass is 9.93. The molecule has 1 aliphatic heterocycles. The Labute approximate surface area is 103 Å². The molecule has 1 aromatic rings. The molecule has 17 heavy (non-hydrogen) atoms. The van der Waals surface area contributed by atoms with Crippen LogP contribution in [0.15, 0.2) is 24.3 Å². The van der Waals surface area contributed by atoms with Gasteiger partial charge in [0.15, 0.2) is 0 Å². The number of likely N-dealkylation sites (tertiary alicyclic amines) is 1.